The van der Waals surface area contributed by atoms with Gasteiger partial charge in [-0.2, -0.15) is 0 Å². The lowest BCUT2D eigenvalue weighted by atomic mass is 9.87. The van der Waals surface area contributed by atoms with E-state index in [2.05, 4.69) is 41.6 Å². The van der Waals surface area contributed by atoms with Gasteiger partial charge in [-0.1, -0.05) is 13.0 Å². The second-order valence-corrected chi connectivity index (χ2v) is 6.37. The maximum Gasteiger partial charge on any atom is 0.151 e. The van der Waals surface area contributed by atoms with E-state index >= 15 is 0 Å². The predicted molar refractivity (Wildman–Crippen MR) is 87.8 cm³/mol. The minimum atomic E-state index is 0.614. The fourth-order valence-electron chi connectivity index (χ4n) is 3.49. The predicted octanol–water partition coefficient (Wildman–Crippen LogP) is 2.85. The minimum Gasteiger partial charge on any atom is -0.355 e. The van der Waals surface area contributed by atoms with E-state index in [0.29, 0.717) is 12.6 Å². The number of nitrogens with zero attached hydrogens (tertiary/aromatic N) is 3. The van der Waals surface area contributed by atoms with Crippen molar-refractivity contribution in [3.05, 3.63) is 30.1 Å². The first-order valence-corrected chi connectivity index (χ1v) is 8.09. The lowest BCUT2D eigenvalue weighted by molar-refractivity contribution is 0.340. The fraction of sp³-hybridized carbons (Fsp3) is 0.588. The summed E-state index contributed by atoms with van der Waals surface area (Å²) in [4.78, 5) is 7.25. The van der Waals surface area contributed by atoms with Gasteiger partial charge < -0.3 is 15.0 Å². The van der Waals surface area contributed by atoms with Crippen LogP contribution in [0.15, 0.2) is 24.4 Å². The Hall–Kier alpha value is -1.55. The van der Waals surface area contributed by atoms with Gasteiger partial charge in [-0.15, -0.1) is 0 Å². The highest BCUT2D eigenvalue weighted by Gasteiger charge is 2.25. The van der Waals surface area contributed by atoms with E-state index in [1.165, 1.54) is 31.4 Å². The van der Waals surface area contributed by atoms with Crippen molar-refractivity contribution in [2.75, 3.05) is 18.5 Å². The molecular formula is C17H26N4. The number of anilines is 1. The van der Waals surface area contributed by atoms with Crippen LogP contribution in [0.2, 0.25) is 0 Å². The Bertz CT molecular complexity index is 596. The van der Waals surface area contributed by atoms with E-state index < -0.39 is 0 Å². The number of aromatic nitrogens is 2. The maximum atomic E-state index is 5.82. The molecule has 0 unspecified atom stereocenters. The van der Waals surface area contributed by atoms with Crippen molar-refractivity contribution in [3.63, 3.8) is 0 Å². The number of fused-ring (bicyclic) bond motifs is 1. The number of imidazole rings is 1. The van der Waals surface area contributed by atoms with Gasteiger partial charge in [0.2, 0.25) is 0 Å². The van der Waals surface area contributed by atoms with Gasteiger partial charge in [-0.05, 0) is 50.3 Å². The van der Waals surface area contributed by atoms with Gasteiger partial charge in [0.05, 0.1) is 5.69 Å². The van der Waals surface area contributed by atoms with Gasteiger partial charge in [0.1, 0.15) is 5.65 Å². The van der Waals surface area contributed by atoms with Crippen LogP contribution in [0.1, 0.15) is 38.3 Å². The van der Waals surface area contributed by atoms with Crippen LogP contribution < -0.4 is 10.6 Å². The molecule has 2 heterocycles. The van der Waals surface area contributed by atoms with E-state index in [1.807, 2.05) is 6.07 Å². The minimum absolute atomic E-state index is 0.614. The molecule has 114 valence electrons. The van der Waals surface area contributed by atoms with Crippen LogP contribution in [-0.4, -0.2) is 29.0 Å². The van der Waals surface area contributed by atoms with Crippen LogP contribution in [0.5, 0.6) is 0 Å². The average molecular weight is 286 g/mol. The van der Waals surface area contributed by atoms with Gasteiger partial charge in [0, 0.05) is 25.7 Å². The second-order valence-electron chi connectivity index (χ2n) is 6.37. The zero-order valence-corrected chi connectivity index (χ0v) is 13.1. The van der Waals surface area contributed by atoms with E-state index in [0.717, 1.165) is 23.8 Å². The van der Waals surface area contributed by atoms with Crippen LogP contribution in [0.4, 0.5) is 5.82 Å². The van der Waals surface area contributed by atoms with Crippen LogP contribution in [-0.2, 0) is 6.42 Å². The lowest BCUT2D eigenvalue weighted by Gasteiger charge is -2.34. The Kier molecular flexibility index (Phi) is 4.15. The Labute approximate surface area is 127 Å². The number of rotatable bonds is 4. The van der Waals surface area contributed by atoms with Crippen molar-refractivity contribution in [3.8, 4) is 0 Å². The van der Waals surface area contributed by atoms with Crippen molar-refractivity contribution >= 4 is 11.5 Å². The second kappa shape index (κ2) is 6.06. The van der Waals surface area contributed by atoms with Gasteiger partial charge in [0.15, 0.2) is 5.82 Å². The molecule has 0 bridgehead atoms. The van der Waals surface area contributed by atoms with Gasteiger partial charge in [-0.25, -0.2) is 4.98 Å². The summed E-state index contributed by atoms with van der Waals surface area (Å²) in [6, 6.07) is 6.78. The molecule has 0 atom stereocenters. The Morgan fingerprint density at radius 2 is 2.05 bits per heavy atom. The number of hydrogen-bond acceptors (Lipinski definition) is 3. The monoisotopic (exact) mass is 286 g/mol. The van der Waals surface area contributed by atoms with Gasteiger partial charge >= 0.3 is 0 Å². The fourth-order valence-corrected chi connectivity index (χ4v) is 3.49. The van der Waals surface area contributed by atoms with Crippen molar-refractivity contribution in [1.82, 2.24) is 9.38 Å². The highest BCUT2D eigenvalue weighted by atomic mass is 15.2. The molecule has 0 aromatic carbocycles. The molecule has 0 saturated heterocycles. The first kappa shape index (κ1) is 14.4. The standard InChI is InChI=1S/C17H26N4/c1-13-6-8-14(9-7-13)20(2)17-15(10-11-18)21-12-4-3-5-16(21)19-17/h3-5,12-14H,6-11,18H2,1-2H3. The molecule has 0 spiro atoms. The Balaban J connectivity index is 1.93. The summed E-state index contributed by atoms with van der Waals surface area (Å²) >= 11 is 0. The number of hydrogen-bond donors (Lipinski definition) is 1. The average Bonchev–Trinajstić information content (AvgIpc) is 2.87. The molecule has 21 heavy (non-hydrogen) atoms. The maximum absolute atomic E-state index is 5.82. The molecule has 4 nitrogen and oxygen atoms in total. The summed E-state index contributed by atoms with van der Waals surface area (Å²) in [7, 11) is 2.20. The smallest absolute Gasteiger partial charge is 0.151 e. The Morgan fingerprint density at radius 1 is 1.29 bits per heavy atom. The summed E-state index contributed by atoms with van der Waals surface area (Å²) in [5.41, 5.74) is 8.08. The van der Waals surface area contributed by atoms with Crippen molar-refractivity contribution < 1.29 is 0 Å². The topological polar surface area (TPSA) is 46.6 Å². The SMILES string of the molecule is CC1CCC(N(C)c2nc3ccccn3c2CCN)CC1. The van der Waals surface area contributed by atoms with Crippen LogP contribution in [0, 0.1) is 5.92 Å². The molecule has 1 fully saturated rings. The first-order chi connectivity index (χ1) is 10.2. The van der Waals surface area contributed by atoms with Crippen molar-refractivity contribution in [2.45, 2.75) is 45.1 Å². The summed E-state index contributed by atoms with van der Waals surface area (Å²) in [5.74, 6) is 1.99. The molecule has 0 amide bonds. The van der Waals surface area contributed by atoms with Crippen molar-refractivity contribution in [2.24, 2.45) is 11.7 Å². The number of pyridine rings is 1. The molecule has 1 aliphatic carbocycles. The third kappa shape index (κ3) is 2.77. The highest BCUT2D eigenvalue weighted by Crippen LogP contribution is 2.31. The molecule has 2 aromatic rings. The summed E-state index contributed by atoms with van der Waals surface area (Å²) in [6.07, 6.45) is 8.16. The molecule has 0 aliphatic heterocycles. The molecule has 4 heteroatoms. The van der Waals surface area contributed by atoms with Crippen LogP contribution in [0.25, 0.3) is 5.65 Å². The largest absolute Gasteiger partial charge is 0.355 e. The molecular weight excluding hydrogens is 260 g/mol. The Morgan fingerprint density at radius 3 is 2.76 bits per heavy atom. The zero-order chi connectivity index (χ0) is 14.8. The zero-order valence-electron chi connectivity index (χ0n) is 13.1. The van der Waals surface area contributed by atoms with E-state index in [9.17, 15) is 0 Å². The van der Waals surface area contributed by atoms with E-state index in [4.69, 9.17) is 10.7 Å². The quantitative estimate of drug-likeness (QED) is 0.940. The van der Waals surface area contributed by atoms with E-state index in [-0.39, 0.29) is 0 Å². The third-order valence-electron chi connectivity index (χ3n) is 4.86. The first-order valence-electron chi connectivity index (χ1n) is 8.09. The summed E-state index contributed by atoms with van der Waals surface area (Å²) in [5, 5.41) is 0. The third-order valence-corrected chi connectivity index (χ3v) is 4.86. The van der Waals surface area contributed by atoms with Crippen LogP contribution >= 0.6 is 0 Å². The molecule has 0 radical (unpaired) electrons. The van der Waals surface area contributed by atoms with Crippen LogP contribution in [0.3, 0.4) is 0 Å². The molecule has 1 saturated carbocycles. The van der Waals surface area contributed by atoms with Gasteiger partial charge in [0.25, 0.3) is 0 Å². The van der Waals surface area contributed by atoms with Gasteiger partial charge in [-0.3, -0.25) is 0 Å². The molecule has 3 rings (SSSR count). The molecule has 1 aliphatic rings. The molecule has 2 aromatic heterocycles. The highest BCUT2D eigenvalue weighted by molar-refractivity contribution is 5.56. The normalized spacial score (nSPS) is 22.6. The van der Waals surface area contributed by atoms with Crippen molar-refractivity contribution in [1.29, 1.82) is 0 Å². The molecule has 2 N–H and O–H groups in total. The number of nitrogens with two attached hydrogens (primary N) is 1. The summed E-state index contributed by atoms with van der Waals surface area (Å²) in [6.45, 7) is 3.02. The van der Waals surface area contributed by atoms with E-state index in [1.54, 1.807) is 0 Å². The lowest BCUT2D eigenvalue weighted by Crippen LogP contribution is -2.35. The summed E-state index contributed by atoms with van der Waals surface area (Å²) < 4.78 is 2.18.